The monoisotopic (exact) mass is 348 g/mol. The van der Waals surface area contributed by atoms with E-state index in [4.69, 9.17) is 10.7 Å². The molecular formula is C22H28N4. The number of aromatic nitrogens is 2. The highest BCUT2D eigenvalue weighted by molar-refractivity contribution is 5.78. The van der Waals surface area contributed by atoms with Gasteiger partial charge in [0.1, 0.15) is 5.82 Å². The molecule has 1 aliphatic heterocycles. The normalized spacial score (nSPS) is 15.2. The van der Waals surface area contributed by atoms with E-state index in [0.717, 1.165) is 36.5 Å². The van der Waals surface area contributed by atoms with Crippen molar-refractivity contribution in [3.8, 4) is 0 Å². The first-order valence-corrected chi connectivity index (χ1v) is 9.63. The maximum absolute atomic E-state index is 5.84. The third kappa shape index (κ3) is 3.47. The summed E-state index contributed by atoms with van der Waals surface area (Å²) < 4.78 is 2.43. The Kier molecular flexibility index (Phi) is 4.68. The van der Waals surface area contributed by atoms with Crippen LogP contribution >= 0.6 is 0 Å². The lowest BCUT2D eigenvalue weighted by Gasteiger charge is -2.17. The molecule has 0 aliphatic carbocycles. The molecule has 1 aromatic heterocycles. The van der Waals surface area contributed by atoms with Crippen LogP contribution in [0.5, 0.6) is 0 Å². The zero-order valence-corrected chi connectivity index (χ0v) is 15.8. The lowest BCUT2D eigenvalue weighted by molar-refractivity contribution is 0.322. The van der Waals surface area contributed by atoms with Crippen LogP contribution in [0.25, 0.3) is 11.0 Å². The van der Waals surface area contributed by atoms with Crippen molar-refractivity contribution in [3.63, 3.8) is 0 Å². The van der Waals surface area contributed by atoms with Crippen molar-refractivity contribution in [2.75, 3.05) is 25.4 Å². The van der Waals surface area contributed by atoms with Crippen LogP contribution in [0.1, 0.15) is 35.4 Å². The number of aryl methyl sites for hydroxylation is 2. The Morgan fingerprint density at radius 1 is 0.962 bits per heavy atom. The van der Waals surface area contributed by atoms with Crippen molar-refractivity contribution >= 4 is 16.7 Å². The molecule has 1 fully saturated rings. The van der Waals surface area contributed by atoms with Crippen molar-refractivity contribution < 1.29 is 0 Å². The molecule has 4 rings (SSSR count). The zero-order valence-electron chi connectivity index (χ0n) is 15.8. The van der Waals surface area contributed by atoms with E-state index in [-0.39, 0.29) is 0 Å². The van der Waals surface area contributed by atoms with Gasteiger partial charge in [-0.25, -0.2) is 4.98 Å². The molecule has 136 valence electrons. The van der Waals surface area contributed by atoms with Crippen LogP contribution in [0.4, 0.5) is 5.69 Å². The smallest absolute Gasteiger partial charge is 0.114 e. The molecule has 0 atom stereocenters. The number of hydrogen-bond acceptors (Lipinski definition) is 3. The van der Waals surface area contributed by atoms with Gasteiger partial charge in [0.2, 0.25) is 0 Å². The minimum absolute atomic E-state index is 0.808. The third-order valence-corrected chi connectivity index (χ3v) is 5.62. The molecule has 0 amide bonds. The number of likely N-dealkylation sites (tertiary alicyclic amines) is 1. The highest BCUT2D eigenvalue weighted by Crippen LogP contribution is 2.23. The molecule has 3 aromatic rings. The van der Waals surface area contributed by atoms with Crippen molar-refractivity contribution in [1.29, 1.82) is 0 Å². The molecule has 0 spiro atoms. The summed E-state index contributed by atoms with van der Waals surface area (Å²) in [6, 6.07) is 12.7. The predicted molar refractivity (Wildman–Crippen MR) is 109 cm³/mol. The second-order valence-corrected chi connectivity index (χ2v) is 7.57. The van der Waals surface area contributed by atoms with Gasteiger partial charge in [-0.2, -0.15) is 0 Å². The fourth-order valence-corrected chi connectivity index (χ4v) is 3.88. The van der Waals surface area contributed by atoms with E-state index in [1.54, 1.807) is 0 Å². The van der Waals surface area contributed by atoms with E-state index in [1.807, 2.05) is 12.1 Å². The number of rotatable bonds is 5. The highest BCUT2D eigenvalue weighted by Gasteiger charge is 2.16. The molecule has 4 nitrogen and oxygen atoms in total. The number of nitrogens with zero attached hydrogens (tertiary/aromatic N) is 3. The van der Waals surface area contributed by atoms with E-state index in [2.05, 4.69) is 47.6 Å². The number of nitrogen functional groups attached to an aromatic ring is 1. The summed E-state index contributed by atoms with van der Waals surface area (Å²) in [5.74, 6) is 1.15. The Morgan fingerprint density at radius 2 is 1.65 bits per heavy atom. The molecule has 26 heavy (non-hydrogen) atoms. The van der Waals surface area contributed by atoms with Gasteiger partial charge in [-0.1, -0.05) is 12.1 Å². The van der Waals surface area contributed by atoms with Gasteiger partial charge in [0, 0.05) is 25.2 Å². The summed E-state index contributed by atoms with van der Waals surface area (Å²) in [7, 11) is 0. The van der Waals surface area contributed by atoms with Gasteiger partial charge in [0.05, 0.1) is 11.0 Å². The second kappa shape index (κ2) is 7.12. The predicted octanol–water partition coefficient (Wildman–Crippen LogP) is 3.92. The Hall–Kier alpha value is -2.33. The molecule has 0 unspecified atom stereocenters. The quantitative estimate of drug-likeness (QED) is 0.711. The minimum Gasteiger partial charge on any atom is -0.399 e. The van der Waals surface area contributed by atoms with Crippen molar-refractivity contribution in [2.45, 2.75) is 39.7 Å². The Bertz CT molecular complexity index is 902. The van der Waals surface area contributed by atoms with Gasteiger partial charge in [-0.05, 0) is 80.7 Å². The first-order valence-electron chi connectivity index (χ1n) is 9.63. The van der Waals surface area contributed by atoms with E-state index < -0.39 is 0 Å². The highest BCUT2D eigenvalue weighted by atomic mass is 15.2. The van der Waals surface area contributed by atoms with E-state index in [9.17, 15) is 0 Å². The SMILES string of the molecule is Cc1cc2nc(Cc3ccc(N)cc3)n(CCN3CCCC3)c2cc1C. The number of fused-ring (bicyclic) bond motifs is 1. The topological polar surface area (TPSA) is 47.1 Å². The average Bonchev–Trinajstić information content (AvgIpc) is 3.24. The van der Waals surface area contributed by atoms with Gasteiger partial charge < -0.3 is 15.2 Å². The molecule has 0 radical (unpaired) electrons. The number of anilines is 1. The van der Waals surface area contributed by atoms with Gasteiger partial charge >= 0.3 is 0 Å². The van der Waals surface area contributed by atoms with Gasteiger partial charge in [-0.15, -0.1) is 0 Å². The molecule has 4 heteroatoms. The standard InChI is InChI=1S/C22H28N4/c1-16-13-20-21(14-17(16)2)26(12-11-25-9-3-4-10-25)22(24-20)15-18-5-7-19(23)8-6-18/h5-8,13-14H,3-4,9-12,15,23H2,1-2H3. The Labute approximate surface area is 155 Å². The first-order chi connectivity index (χ1) is 12.6. The molecule has 0 saturated carbocycles. The van der Waals surface area contributed by atoms with Gasteiger partial charge in [-0.3, -0.25) is 0 Å². The van der Waals surface area contributed by atoms with E-state index >= 15 is 0 Å². The summed E-state index contributed by atoms with van der Waals surface area (Å²) in [6.45, 7) is 8.93. The summed E-state index contributed by atoms with van der Waals surface area (Å²) >= 11 is 0. The van der Waals surface area contributed by atoms with Crippen LogP contribution in [0.3, 0.4) is 0 Å². The van der Waals surface area contributed by atoms with Crippen LogP contribution in [0, 0.1) is 13.8 Å². The lowest BCUT2D eigenvalue weighted by atomic mass is 10.1. The van der Waals surface area contributed by atoms with Crippen LogP contribution < -0.4 is 5.73 Å². The van der Waals surface area contributed by atoms with Crippen molar-refractivity contribution in [2.24, 2.45) is 0 Å². The number of hydrogen-bond donors (Lipinski definition) is 1. The molecule has 2 N–H and O–H groups in total. The lowest BCUT2D eigenvalue weighted by Crippen LogP contribution is -2.24. The van der Waals surface area contributed by atoms with Gasteiger partial charge in [0.15, 0.2) is 0 Å². The Balaban J connectivity index is 1.69. The minimum atomic E-state index is 0.808. The average molecular weight is 348 g/mol. The second-order valence-electron chi connectivity index (χ2n) is 7.57. The van der Waals surface area contributed by atoms with Crippen LogP contribution in [-0.4, -0.2) is 34.1 Å². The maximum atomic E-state index is 5.84. The Morgan fingerprint density at radius 3 is 2.38 bits per heavy atom. The fourth-order valence-electron chi connectivity index (χ4n) is 3.88. The summed E-state index contributed by atoms with van der Waals surface area (Å²) in [6.07, 6.45) is 3.51. The van der Waals surface area contributed by atoms with Crippen molar-refractivity contribution in [3.05, 3.63) is 58.9 Å². The molecule has 2 aromatic carbocycles. The number of nitrogens with two attached hydrogens (primary N) is 1. The van der Waals surface area contributed by atoms with Crippen LogP contribution in [-0.2, 0) is 13.0 Å². The van der Waals surface area contributed by atoms with Gasteiger partial charge in [0.25, 0.3) is 0 Å². The summed E-state index contributed by atoms with van der Waals surface area (Å²) in [5.41, 5.74) is 12.9. The van der Waals surface area contributed by atoms with Crippen LogP contribution in [0.2, 0.25) is 0 Å². The first kappa shape index (κ1) is 17.1. The molecular weight excluding hydrogens is 320 g/mol. The van der Waals surface area contributed by atoms with E-state index in [1.165, 1.54) is 48.1 Å². The number of benzene rings is 2. The molecule has 1 aliphatic rings. The molecule has 0 bridgehead atoms. The summed E-state index contributed by atoms with van der Waals surface area (Å²) in [5, 5.41) is 0. The fraction of sp³-hybridized carbons (Fsp3) is 0.409. The van der Waals surface area contributed by atoms with Crippen molar-refractivity contribution in [1.82, 2.24) is 14.5 Å². The molecule has 2 heterocycles. The van der Waals surface area contributed by atoms with E-state index in [0.29, 0.717) is 0 Å². The summed E-state index contributed by atoms with van der Waals surface area (Å²) in [4.78, 5) is 7.56. The van der Waals surface area contributed by atoms with Crippen LogP contribution in [0.15, 0.2) is 36.4 Å². The zero-order chi connectivity index (χ0) is 18.1. The molecule has 1 saturated heterocycles. The number of imidazole rings is 1. The largest absolute Gasteiger partial charge is 0.399 e. The third-order valence-electron chi connectivity index (χ3n) is 5.62. The maximum Gasteiger partial charge on any atom is 0.114 e.